The fourth-order valence-electron chi connectivity index (χ4n) is 2.36. The molecule has 0 fully saturated rings. The van der Waals surface area contributed by atoms with Gasteiger partial charge in [-0.3, -0.25) is 0 Å². The number of halogens is 2. The Hall–Kier alpha value is -2.31. The highest BCUT2D eigenvalue weighted by molar-refractivity contribution is 6.42. The molecule has 0 aliphatic rings. The lowest BCUT2D eigenvalue weighted by Crippen LogP contribution is -2.16. The monoisotopic (exact) mass is 379 g/mol. The second-order valence-corrected chi connectivity index (χ2v) is 6.35. The maximum Gasteiger partial charge on any atom is 0.401 e. The molecule has 3 rings (SSSR count). The number of rotatable bonds is 4. The molecule has 130 valence electrons. The molecule has 0 bridgehead atoms. The quantitative estimate of drug-likeness (QED) is 0.618. The zero-order valence-electron chi connectivity index (χ0n) is 13.8. The van der Waals surface area contributed by atoms with Crippen molar-refractivity contribution in [3.05, 3.63) is 63.4 Å². The van der Waals surface area contributed by atoms with Crippen molar-refractivity contribution >= 4 is 29.2 Å². The van der Waals surface area contributed by atoms with Crippen LogP contribution in [-0.4, -0.2) is 20.7 Å². The summed E-state index contributed by atoms with van der Waals surface area (Å²) in [5.41, 5.74) is 2.39. The topological polar surface area (TPSA) is 70.2 Å². The Morgan fingerprint density at radius 1 is 1.28 bits per heavy atom. The summed E-state index contributed by atoms with van der Waals surface area (Å²) in [4.78, 5) is 16.0. The SMILES string of the molecule is Cc1nn(C(C)c2ccc(Cl)c(Cl)c2)c(OC(=O)c2ncco2)c1C. The van der Waals surface area contributed by atoms with Gasteiger partial charge < -0.3 is 9.15 Å². The molecular formula is C17H15Cl2N3O3. The number of oxazole rings is 1. The van der Waals surface area contributed by atoms with Crippen molar-refractivity contribution in [3.63, 3.8) is 0 Å². The van der Waals surface area contributed by atoms with Crippen molar-refractivity contribution < 1.29 is 13.9 Å². The Kier molecular flexibility index (Phi) is 4.83. The number of hydrogen-bond donors (Lipinski definition) is 0. The van der Waals surface area contributed by atoms with Crippen molar-refractivity contribution in [2.24, 2.45) is 0 Å². The summed E-state index contributed by atoms with van der Waals surface area (Å²) >= 11 is 12.1. The molecule has 0 saturated carbocycles. The molecule has 3 aromatic rings. The minimum absolute atomic E-state index is 0.119. The molecule has 0 aliphatic heterocycles. The van der Waals surface area contributed by atoms with Gasteiger partial charge >= 0.3 is 11.9 Å². The summed E-state index contributed by atoms with van der Waals surface area (Å²) in [5.74, 6) is -0.471. The number of hydrogen-bond acceptors (Lipinski definition) is 5. The summed E-state index contributed by atoms with van der Waals surface area (Å²) < 4.78 is 12.1. The van der Waals surface area contributed by atoms with Gasteiger partial charge in [-0.05, 0) is 38.5 Å². The largest absolute Gasteiger partial charge is 0.440 e. The second-order valence-electron chi connectivity index (χ2n) is 5.54. The van der Waals surface area contributed by atoms with Gasteiger partial charge in [-0.25, -0.2) is 14.5 Å². The molecule has 0 amide bonds. The molecule has 8 heteroatoms. The Morgan fingerprint density at radius 3 is 2.68 bits per heavy atom. The Balaban J connectivity index is 1.97. The van der Waals surface area contributed by atoms with Crippen LogP contribution in [-0.2, 0) is 0 Å². The number of esters is 1. The summed E-state index contributed by atoms with van der Waals surface area (Å²) in [7, 11) is 0. The van der Waals surface area contributed by atoms with Crippen LogP contribution in [0.1, 0.15) is 40.5 Å². The van der Waals surface area contributed by atoms with Crippen LogP contribution in [0, 0.1) is 13.8 Å². The minimum atomic E-state index is -0.685. The molecule has 2 heterocycles. The van der Waals surface area contributed by atoms with E-state index in [9.17, 15) is 4.79 Å². The number of aromatic nitrogens is 3. The van der Waals surface area contributed by atoms with E-state index >= 15 is 0 Å². The van der Waals surface area contributed by atoms with E-state index < -0.39 is 5.97 Å². The summed E-state index contributed by atoms with van der Waals surface area (Å²) in [6, 6.07) is 5.11. The molecule has 1 unspecified atom stereocenters. The normalized spacial score (nSPS) is 12.2. The second kappa shape index (κ2) is 6.90. The van der Waals surface area contributed by atoms with Gasteiger partial charge in [0.2, 0.25) is 5.88 Å². The molecule has 0 saturated heterocycles. The Labute approximate surface area is 154 Å². The van der Waals surface area contributed by atoms with Crippen LogP contribution in [0.15, 0.2) is 35.1 Å². The number of ether oxygens (including phenoxy) is 1. The molecule has 2 aromatic heterocycles. The van der Waals surface area contributed by atoms with E-state index in [4.69, 9.17) is 32.4 Å². The summed E-state index contributed by atoms with van der Waals surface area (Å²) in [6.07, 6.45) is 2.69. The number of aryl methyl sites for hydroxylation is 1. The molecular weight excluding hydrogens is 365 g/mol. The first-order valence-corrected chi connectivity index (χ1v) is 8.26. The van der Waals surface area contributed by atoms with E-state index in [-0.39, 0.29) is 11.9 Å². The van der Waals surface area contributed by atoms with Crippen LogP contribution in [0.2, 0.25) is 10.0 Å². The van der Waals surface area contributed by atoms with Crippen molar-refractivity contribution in [2.45, 2.75) is 26.8 Å². The zero-order valence-corrected chi connectivity index (χ0v) is 15.3. The van der Waals surface area contributed by atoms with Crippen molar-refractivity contribution in [1.29, 1.82) is 0 Å². The third-order valence-electron chi connectivity index (χ3n) is 3.92. The minimum Gasteiger partial charge on any atom is -0.440 e. The van der Waals surface area contributed by atoms with E-state index in [0.717, 1.165) is 16.8 Å². The van der Waals surface area contributed by atoms with Gasteiger partial charge in [0.05, 0.1) is 28.0 Å². The predicted molar refractivity (Wildman–Crippen MR) is 93.4 cm³/mol. The zero-order chi connectivity index (χ0) is 18.1. The molecule has 0 radical (unpaired) electrons. The van der Waals surface area contributed by atoms with Gasteiger partial charge in [-0.2, -0.15) is 5.10 Å². The highest BCUT2D eigenvalue weighted by atomic mass is 35.5. The van der Waals surface area contributed by atoms with Gasteiger partial charge in [0.25, 0.3) is 0 Å². The van der Waals surface area contributed by atoms with Crippen molar-refractivity contribution in [3.8, 4) is 5.88 Å². The van der Waals surface area contributed by atoms with Gasteiger partial charge in [-0.1, -0.05) is 29.3 Å². The smallest absolute Gasteiger partial charge is 0.401 e. The summed E-state index contributed by atoms with van der Waals surface area (Å²) in [6.45, 7) is 5.60. The van der Waals surface area contributed by atoms with Gasteiger partial charge in [0.15, 0.2) is 0 Å². The number of carbonyl (C=O) groups is 1. The Morgan fingerprint density at radius 2 is 2.04 bits per heavy atom. The van der Waals surface area contributed by atoms with Crippen LogP contribution in [0.5, 0.6) is 5.88 Å². The van der Waals surface area contributed by atoms with E-state index in [0.29, 0.717) is 15.9 Å². The Bertz CT molecular complexity index is 920. The number of benzene rings is 1. The van der Waals surface area contributed by atoms with E-state index in [1.807, 2.05) is 26.8 Å². The van der Waals surface area contributed by atoms with Gasteiger partial charge in [0.1, 0.15) is 6.26 Å². The predicted octanol–water partition coefficient (Wildman–Crippen LogP) is 4.62. The van der Waals surface area contributed by atoms with Crippen LogP contribution in [0.3, 0.4) is 0 Å². The average Bonchev–Trinajstić information content (AvgIpc) is 3.21. The maximum atomic E-state index is 12.2. The van der Waals surface area contributed by atoms with Crippen LogP contribution in [0.4, 0.5) is 0 Å². The highest BCUT2D eigenvalue weighted by Crippen LogP contribution is 2.31. The maximum absolute atomic E-state index is 12.2. The van der Waals surface area contributed by atoms with Gasteiger partial charge in [0, 0.05) is 5.56 Å². The van der Waals surface area contributed by atoms with E-state index in [2.05, 4.69) is 10.1 Å². The number of nitrogens with zero attached hydrogens (tertiary/aromatic N) is 3. The lowest BCUT2D eigenvalue weighted by atomic mass is 10.1. The lowest BCUT2D eigenvalue weighted by molar-refractivity contribution is 0.0673. The van der Waals surface area contributed by atoms with E-state index in [1.54, 1.807) is 16.8 Å². The third kappa shape index (κ3) is 3.41. The van der Waals surface area contributed by atoms with E-state index in [1.165, 1.54) is 12.5 Å². The molecule has 1 aromatic carbocycles. The van der Waals surface area contributed by atoms with Crippen LogP contribution >= 0.6 is 23.2 Å². The third-order valence-corrected chi connectivity index (χ3v) is 4.66. The molecule has 0 spiro atoms. The van der Waals surface area contributed by atoms with Crippen molar-refractivity contribution in [2.75, 3.05) is 0 Å². The lowest BCUT2D eigenvalue weighted by Gasteiger charge is -2.16. The first kappa shape index (κ1) is 17.5. The molecule has 0 aliphatic carbocycles. The summed E-state index contributed by atoms with van der Waals surface area (Å²) in [5, 5.41) is 5.41. The molecule has 6 nitrogen and oxygen atoms in total. The average molecular weight is 380 g/mol. The van der Waals surface area contributed by atoms with Crippen molar-refractivity contribution in [1.82, 2.24) is 14.8 Å². The molecule has 0 N–H and O–H groups in total. The van der Waals surface area contributed by atoms with Crippen LogP contribution in [0.25, 0.3) is 0 Å². The highest BCUT2D eigenvalue weighted by Gasteiger charge is 2.24. The standard InChI is InChI=1S/C17H15Cl2N3O3/c1-9-10(2)21-22(11(3)12-4-5-13(18)14(19)8-12)16(9)25-17(23)15-20-6-7-24-15/h4-8,11H,1-3H3. The van der Waals surface area contributed by atoms with Gasteiger partial charge in [-0.15, -0.1) is 0 Å². The fourth-order valence-corrected chi connectivity index (χ4v) is 2.67. The number of carbonyl (C=O) groups excluding carboxylic acids is 1. The first-order valence-electron chi connectivity index (χ1n) is 7.50. The fraction of sp³-hybridized carbons (Fsp3) is 0.235. The first-order chi connectivity index (χ1) is 11.9. The molecule has 25 heavy (non-hydrogen) atoms. The molecule has 1 atom stereocenters. The van der Waals surface area contributed by atoms with Crippen LogP contribution < -0.4 is 4.74 Å².